The van der Waals surface area contributed by atoms with Crippen molar-refractivity contribution in [3.8, 4) is 0 Å². The normalized spacial score (nSPS) is 12.2. The molecule has 0 aliphatic rings. The van der Waals surface area contributed by atoms with Crippen molar-refractivity contribution in [1.29, 1.82) is 0 Å². The zero-order valence-electron chi connectivity index (χ0n) is 9.98. The molecule has 1 aromatic heterocycles. The summed E-state index contributed by atoms with van der Waals surface area (Å²) in [6.07, 6.45) is 0. The molecule has 3 N–H and O–H groups in total. The molecule has 0 spiro atoms. The van der Waals surface area contributed by atoms with Crippen LogP contribution >= 0.6 is 11.3 Å². The molecule has 7 heteroatoms. The average molecular weight is 283 g/mol. The zero-order valence-corrected chi connectivity index (χ0v) is 10.8. The second-order valence-corrected chi connectivity index (χ2v) is 4.80. The number of nitrogens with zero attached hydrogens (tertiary/aromatic N) is 1. The number of hydrogen-bond acceptors (Lipinski definition) is 4. The maximum Gasteiger partial charge on any atom is 0.260 e. The summed E-state index contributed by atoms with van der Waals surface area (Å²) in [5, 5.41) is 4.40. The van der Waals surface area contributed by atoms with Crippen molar-refractivity contribution in [2.45, 2.75) is 13.0 Å². The minimum Gasteiger partial charge on any atom is -0.323 e. The number of thiazole rings is 1. The van der Waals surface area contributed by atoms with E-state index in [-0.39, 0.29) is 11.6 Å². The highest BCUT2D eigenvalue weighted by molar-refractivity contribution is 7.14. The van der Waals surface area contributed by atoms with Crippen molar-refractivity contribution in [2.24, 2.45) is 5.73 Å². The van der Waals surface area contributed by atoms with Crippen LogP contribution in [-0.4, -0.2) is 10.9 Å². The molecule has 0 saturated carbocycles. The largest absolute Gasteiger partial charge is 0.323 e. The molecule has 1 unspecified atom stereocenters. The van der Waals surface area contributed by atoms with Crippen LogP contribution in [0.3, 0.4) is 0 Å². The van der Waals surface area contributed by atoms with Gasteiger partial charge in [-0.25, -0.2) is 13.8 Å². The summed E-state index contributed by atoms with van der Waals surface area (Å²) in [6, 6.07) is 2.43. The fourth-order valence-corrected chi connectivity index (χ4v) is 2.20. The van der Waals surface area contributed by atoms with Crippen LogP contribution in [0.1, 0.15) is 29.0 Å². The molecule has 4 nitrogen and oxygen atoms in total. The maximum atomic E-state index is 13.4. The van der Waals surface area contributed by atoms with Crippen molar-refractivity contribution in [3.05, 3.63) is 46.5 Å². The first-order valence-corrected chi connectivity index (χ1v) is 6.32. The molecule has 0 saturated heterocycles. The number of amides is 1. The minimum absolute atomic E-state index is 0.257. The Kier molecular flexibility index (Phi) is 3.87. The number of aromatic nitrogens is 1. The Labute approximate surface area is 112 Å². The van der Waals surface area contributed by atoms with E-state index in [9.17, 15) is 13.6 Å². The molecular weight excluding hydrogens is 272 g/mol. The summed E-state index contributed by atoms with van der Waals surface area (Å²) in [6.45, 7) is 1.76. The average Bonchev–Trinajstić information content (AvgIpc) is 2.80. The van der Waals surface area contributed by atoms with E-state index in [2.05, 4.69) is 10.3 Å². The molecule has 0 aliphatic heterocycles. The SMILES string of the molecule is CC(N)c1csc(NC(=O)c2cc(F)ccc2F)n1. The third-order valence-corrected chi connectivity index (χ3v) is 3.16. The molecule has 0 bridgehead atoms. The standard InChI is InChI=1S/C12H11F2N3OS/c1-6(15)10-5-19-12(16-10)17-11(18)8-4-7(13)2-3-9(8)14/h2-6H,15H2,1H3,(H,16,17,18). The number of hydrogen-bond donors (Lipinski definition) is 2. The van der Waals surface area contributed by atoms with E-state index >= 15 is 0 Å². The highest BCUT2D eigenvalue weighted by atomic mass is 32.1. The highest BCUT2D eigenvalue weighted by Crippen LogP contribution is 2.20. The van der Waals surface area contributed by atoms with Crippen molar-refractivity contribution in [2.75, 3.05) is 5.32 Å². The Morgan fingerprint density at radius 1 is 1.47 bits per heavy atom. The quantitative estimate of drug-likeness (QED) is 0.910. The molecule has 2 rings (SSSR count). The maximum absolute atomic E-state index is 13.4. The Hall–Kier alpha value is -1.86. The third-order valence-electron chi connectivity index (χ3n) is 2.38. The molecule has 2 aromatic rings. The van der Waals surface area contributed by atoms with Gasteiger partial charge in [0.05, 0.1) is 11.3 Å². The fraction of sp³-hybridized carbons (Fsp3) is 0.167. The Morgan fingerprint density at radius 3 is 2.84 bits per heavy atom. The van der Waals surface area contributed by atoms with Crippen LogP contribution in [0.2, 0.25) is 0 Å². The van der Waals surface area contributed by atoms with E-state index in [1.54, 1.807) is 12.3 Å². The molecule has 1 atom stereocenters. The Bertz CT molecular complexity index is 613. The summed E-state index contributed by atoms with van der Waals surface area (Å²) in [4.78, 5) is 15.9. The van der Waals surface area contributed by atoms with Crippen LogP contribution in [-0.2, 0) is 0 Å². The number of halogens is 2. The highest BCUT2D eigenvalue weighted by Gasteiger charge is 2.15. The van der Waals surface area contributed by atoms with Gasteiger partial charge in [-0.15, -0.1) is 11.3 Å². The van der Waals surface area contributed by atoms with Crippen molar-refractivity contribution in [1.82, 2.24) is 4.98 Å². The summed E-state index contributed by atoms with van der Waals surface area (Å²) >= 11 is 1.17. The number of nitrogens with one attached hydrogen (secondary N) is 1. The van der Waals surface area contributed by atoms with Gasteiger partial charge in [0.25, 0.3) is 5.91 Å². The van der Waals surface area contributed by atoms with Crippen LogP contribution in [0.25, 0.3) is 0 Å². The summed E-state index contributed by atoms with van der Waals surface area (Å²) < 4.78 is 26.4. The van der Waals surface area contributed by atoms with Crippen LogP contribution in [0.4, 0.5) is 13.9 Å². The Morgan fingerprint density at radius 2 is 2.21 bits per heavy atom. The van der Waals surface area contributed by atoms with Crippen LogP contribution < -0.4 is 11.1 Å². The number of rotatable bonds is 3. The van der Waals surface area contributed by atoms with Gasteiger partial charge in [-0.05, 0) is 25.1 Å². The summed E-state index contributed by atoms with van der Waals surface area (Å²) in [5.74, 6) is -2.22. The molecule has 1 amide bonds. The number of carbonyl (C=O) groups excluding carboxylic acids is 1. The summed E-state index contributed by atoms with van der Waals surface area (Å²) in [7, 11) is 0. The lowest BCUT2D eigenvalue weighted by molar-refractivity contribution is 0.102. The molecule has 0 radical (unpaired) electrons. The summed E-state index contributed by atoms with van der Waals surface area (Å²) in [5.41, 5.74) is 5.90. The van der Waals surface area contributed by atoms with Crippen molar-refractivity contribution in [3.63, 3.8) is 0 Å². The lowest BCUT2D eigenvalue weighted by Crippen LogP contribution is -2.14. The second-order valence-electron chi connectivity index (χ2n) is 3.94. The molecular formula is C12H11F2N3OS. The van der Waals surface area contributed by atoms with Crippen molar-refractivity contribution < 1.29 is 13.6 Å². The first kappa shape index (κ1) is 13.6. The van der Waals surface area contributed by atoms with Gasteiger partial charge in [0, 0.05) is 11.4 Å². The van der Waals surface area contributed by atoms with E-state index in [4.69, 9.17) is 5.73 Å². The first-order valence-electron chi connectivity index (χ1n) is 5.45. The number of carbonyl (C=O) groups is 1. The van der Waals surface area contributed by atoms with E-state index in [0.717, 1.165) is 18.2 Å². The molecule has 1 heterocycles. The first-order chi connectivity index (χ1) is 8.97. The van der Waals surface area contributed by atoms with Gasteiger partial charge < -0.3 is 5.73 Å². The smallest absolute Gasteiger partial charge is 0.260 e. The van der Waals surface area contributed by atoms with Gasteiger partial charge in [-0.1, -0.05) is 0 Å². The van der Waals surface area contributed by atoms with E-state index in [0.29, 0.717) is 10.8 Å². The monoisotopic (exact) mass is 283 g/mol. The molecule has 19 heavy (non-hydrogen) atoms. The van der Waals surface area contributed by atoms with Gasteiger partial charge in [0.15, 0.2) is 5.13 Å². The number of benzene rings is 1. The predicted molar refractivity (Wildman–Crippen MR) is 69.0 cm³/mol. The molecule has 1 aromatic carbocycles. The van der Waals surface area contributed by atoms with E-state index in [1.807, 2.05) is 0 Å². The lowest BCUT2D eigenvalue weighted by Gasteiger charge is -2.03. The zero-order chi connectivity index (χ0) is 14.0. The lowest BCUT2D eigenvalue weighted by atomic mass is 10.2. The van der Waals surface area contributed by atoms with Crippen LogP contribution in [0.15, 0.2) is 23.6 Å². The minimum atomic E-state index is -0.789. The van der Waals surface area contributed by atoms with Crippen LogP contribution in [0, 0.1) is 11.6 Å². The van der Waals surface area contributed by atoms with Gasteiger partial charge in [-0.2, -0.15) is 0 Å². The number of anilines is 1. The predicted octanol–water partition coefficient (Wildman–Crippen LogP) is 2.69. The van der Waals surface area contributed by atoms with Gasteiger partial charge in [0.2, 0.25) is 0 Å². The molecule has 100 valence electrons. The van der Waals surface area contributed by atoms with Gasteiger partial charge >= 0.3 is 0 Å². The fourth-order valence-electron chi connectivity index (χ4n) is 1.39. The topological polar surface area (TPSA) is 68.0 Å². The van der Waals surface area contributed by atoms with Gasteiger partial charge in [0.1, 0.15) is 11.6 Å². The second kappa shape index (κ2) is 5.41. The van der Waals surface area contributed by atoms with E-state index in [1.165, 1.54) is 11.3 Å². The Balaban J connectivity index is 2.18. The molecule has 0 fully saturated rings. The van der Waals surface area contributed by atoms with Crippen LogP contribution in [0.5, 0.6) is 0 Å². The third kappa shape index (κ3) is 3.12. The molecule has 0 aliphatic carbocycles. The van der Waals surface area contributed by atoms with Gasteiger partial charge in [-0.3, -0.25) is 10.1 Å². The van der Waals surface area contributed by atoms with E-state index < -0.39 is 17.5 Å². The number of nitrogens with two attached hydrogens (primary N) is 1. The van der Waals surface area contributed by atoms with Crippen molar-refractivity contribution >= 4 is 22.4 Å².